The second kappa shape index (κ2) is 10.8. The summed E-state index contributed by atoms with van der Waals surface area (Å²) in [5.41, 5.74) is 0.398. The molecule has 1 N–H and O–H groups in total. The average Bonchev–Trinajstić information content (AvgIpc) is 2.92. The summed E-state index contributed by atoms with van der Waals surface area (Å²) in [6.07, 6.45) is 4.62. The van der Waals surface area contributed by atoms with E-state index < -0.39 is 10.0 Å². The zero-order chi connectivity index (χ0) is 20.6. The van der Waals surface area contributed by atoms with Crippen molar-refractivity contribution in [2.45, 2.75) is 51.3 Å². The van der Waals surface area contributed by atoms with Crippen LogP contribution < -0.4 is 10.1 Å². The molecule has 1 fully saturated rings. The molecule has 8 heteroatoms. The van der Waals surface area contributed by atoms with Gasteiger partial charge in [0, 0.05) is 13.1 Å². The largest absolute Gasteiger partial charge is 0.492 e. The van der Waals surface area contributed by atoms with E-state index in [-0.39, 0.29) is 10.8 Å². The van der Waals surface area contributed by atoms with Gasteiger partial charge in [0.15, 0.2) is 0 Å². The number of rotatable bonds is 9. The molecule has 2 rings (SSSR count). The maximum Gasteiger partial charge on any atom is 0.243 e. The van der Waals surface area contributed by atoms with Gasteiger partial charge in [-0.2, -0.15) is 4.31 Å². The second-order valence-corrected chi connectivity index (χ2v) is 8.86. The Kier molecular flexibility index (Phi) is 8.72. The molecule has 0 spiro atoms. The van der Waals surface area contributed by atoms with Crippen LogP contribution in [-0.2, 0) is 14.8 Å². The van der Waals surface area contributed by atoms with E-state index in [1.807, 2.05) is 6.92 Å². The highest BCUT2D eigenvalue weighted by molar-refractivity contribution is 7.89. The fourth-order valence-electron chi connectivity index (χ4n) is 3.45. The van der Waals surface area contributed by atoms with E-state index in [0.29, 0.717) is 37.7 Å². The molecule has 0 bridgehead atoms. The number of amides is 1. The monoisotopic (exact) mass is 411 g/mol. The number of nitrogens with zero attached hydrogens (tertiary/aromatic N) is 2. The van der Waals surface area contributed by atoms with Crippen molar-refractivity contribution in [1.82, 2.24) is 9.21 Å². The van der Waals surface area contributed by atoms with Crippen molar-refractivity contribution in [2.24, 2.45) is 0 Å². The Morgan fingerprint density at radius 1 is 1.11 bits per heavy atom. The normalized spacial score (nSPS) is 16.0. The third kappa shape index (κ3) is 5.93. The van der Waals surface area contributed by atoms with Crippen LogP contribution in [0.15, 0.2) is 23.1 Å². The van der Waals surface area contributed by atoms with Crippen LogP contribution in [0.2, 0.25) is 0 Å². The number of nitrogens with one attached hydrogen (secondary N) is 1. The zero-order valence-corrected chi connectivity index (χ0v) is 18.1. The van der Waals surface area contributed by atoms with Gasteiger partial charge in [0.05, 0.1) is 23.7 Å². The molecule has 1 aromatic carbocycles. The van der Waals surface area contributed by atoms with Gasteiger partial charge in [-0.05, 0) is 51.1 Å². The fraction of sp³-hybridized carbons (Fsp3) is 0.650. The summed E-state index contributed by atoms with van der Waals surface area (Å²) in [7, 11) is -3.61. The van der Waals surface area contributed by atoms with Gasteiger partial charge in [-0.15, -0.1) is 0 Å². The van der Waals surface area contributed by atoms with Crippen molar-refractivity contribution in [3.8, 4) is 5.75 Å². The lowest BCUT2D eigenvalue weighted by Gasteiger charge is -2.21. The first kappa shape index (κ1) is 22.6. The summed E-state index contributed by atoms with van der Waals surface area (Å²) in [5.74, 6) is 0.324. The molecular formula is C20H33N3O4S. The number of likely N-dealkylation sites (tertiary alicyclic amines) is 1. The van der Waals surface area contributed by atoms with Gasteiger partial charge in [-0.1, -0.05) is 26.7 Å². The number of ether oxygens (including phenoxy) is 1. The molecule has 0 aromatic heterocycles. The lowest BCUT2D eigenvalue weighted by atomic mass is 10.2. The number of hydrogen-bond donors (Lipinski definition) is 1. The number of sulfonamides is 1. The molecule has 1 heterocycles. The lowest BCUT2D eigenvalue weighted by molar-refractivity contribution is -0.117. The minimum atomic E-state index is -3.61. The highest BCUT2D eigenvalue weighted by Gasteiger charge is 2.23. The molecule has 28 heavy (non-hydrogen) atoms. The zero-order valence-electron chi connectivity index (χ0n) is 17.2. The Hall–Kier alpha value is -1.64. The van der Waals surface area contributed by atoms with Crippen LogP contribution in [-0.4, -0.2) is 62.9 Å². The number of benzene rings is 1. The first-order valence-corrected chi connectivity index (χ1v) is 11.7. The Balaban J connectivity index is 2.21. The van der Waals surface area contributed by atoms with Crippen molar-refractivity contribution < 1.29 is 17.9 Å². The van der Waals surface area contributed by atoms with Gasteiger partial charge in [-0.3, -0.25) is 9.69 Å². The van der Waals surface area contributed by atoms with Gasteiger partial charge in [0.2, 0.25) is 15.9 Å². The predicted octanol–water partition coefficient (Wildman–Crippen LogP) is 2.93. The molecule has 7 nitrogen and oxygen atoms in total. The number of hydrogen-bond acceptors (Lipinski definition) is 5. The third-order valence-corrected chi connectivity index (χ3v) is 6.98. The van der Waals surface area contributed by atoms with Crippen molar-refractivity contribution in [3.63, 3.8) is 0 Å². The summed E-state index contributed by atoms with van der Waals surface area (Å²) < 4.78 is 32.6. The molecule has 0 unspecified atom stereocenters. The predicted molar refractivity (Wildman–Crippen MR) is 111 cm³/mol. The fourth-order valence-corrected chi connectivity index (χ4v) is 4.93. The van der Waals surface area contributed by atoms with Crippen LogP contribution >= 0.6 is 0 Å². The lowest BCUT2D eigenvalue weighted by Crippen LogP contribution is -2.34. The molecule has 1 amide bonds. The van der Waals surface area contributed by atoms with E-state index in [1.54, 1.807) is 19.9 Å². The van der Waals surface area contributed by atoms with Gasteiger partial charge in [0.1, 0.15) is 5.75 Å². The van der Waals surface area contributed by atoms with E-state index >= 15 is 0 Å². The summed E-state index contributed by atoms with van der Waals surface area (Å²) >= 11 is 0. The van der Waals surface area contributed by atoms with E-state index in [4.69, 9.17) is 4.74 Å². The molecule has 158 valence electrons. The van der Waals surface area contributed by atoms with Crippen molar-refractivity contribution in [1.29, 1.82) is 0 Å². The van der Waals surface area contributed by atoms with E-state index in [2.05, 4.69) is 10.2 Å². The summed E-state index contributed by atoms with van der Waals surface area (Å²) in [5, 5.41) is 2.86. The molecule has 0 saturated carbocycles. The maximum atomic E-state index is 12.8. The minimum absolute atomic E-state index is 0.153. The van der Waals surface area contributed by atoms with Gasteiger partial charge in [0.25, 0.3) is 0 Å². The quantitative estimate of drug-likeness (QED) is 0.676. The molecule has 1 aliphatic heterocycles. The molecule has 1 aliphatic rings. The minimum Gasteiger partial charge on any atom is -0.492 e. The SMILES string of the molecule is CCOc1ccc(S(=O)(=O)N(CC)CC)cc1NC(=O)CN1CCCCCC1. The first-order valence-electron chi connectivity index (χ1n) is 10.2. The van der Waals surface area contributed by atoms with Crippen LogP contribution in [0.4, 0.5) is 5.69 Å². The molecule has 0 radical (unpaired) electrons. The first-order chi connectivity index (χ1) is 13.4. The topological polar surface area (TPSA) is 79.0 Å². The Bertz CT molecular complexity index is 740. The molecule has 1 aromatic rings. The van der Waals surface area contributed by atoms with E-state index in [0.717, 1.165) is 25.9 Å². The van der Waals surface area contributed by atoms with E-state index in [1.165, 1.54) is 29.3 Å². The number of anilines is 1. The maximum absolute atomic E-state index is 12.8. The average molecular weight is 412 g/mol. The van der Waals surface area contributed by atoms with Crippen LogP contribution in [0.3, 0.4) is 0 Å². The summed E-state index contributed by atoms with van der Waals surface area (Å²) in [6, 6.07) is 4.64. The molecule has 0 aliphatic carbocycles. The Morgan fingerprint density at radius 3 is 2.32 bits per heavy atom. The second-order valence-electron chi connectivity index (χ2n) is 6.92. The van der Waals surface area contributed by atoms with Crippen molar-refractivity contribution in [2.75, 3.05) is 44.6 Å². The third-order valence-electron chi connectivity index (χ3n) is 4.93. The van der Waals surface area contributed by atoms with Crippen LogP contribution in [0.25, 0.3) is 0 Å². The Labute approximate surface area is 169 Å². The van der Waals surface area contributed by atoms with Gasteiger partial charge >= 0.3 is 0 Å². The van der Waals surface area contributed by atoms with Crippen LogP contribution in [0, 0.1) is 0 Å². The Morgan fingerprint density at radius 2 is 1.75 bits per heavy atom. The van der Waals surface area contributed by atoms with Gasteiger partial charge in [-0.25, -0.2) is 8.42 Å². The standard InChI is InChI=1S/C20H33N3O4S/c1-4-23(5-2)28(25,26)17-11-12-19(27-6-3)18(15-17)21-20(24)16-22-13-9-7-8-10-14-22/h11-12,15H,4-10,13-14,16H2,1-3H3,(H,21,24). The molecular weight excluding hydrogens is 378 g/mol. The number of carbonyl (C=O) groups excluding carboxylic acids is 1. The van der Waals surface area contributed by atoms with Gasteiger partial charge < -0.3 is 10.1 Å². The summed E-state index contributed by atoms with van der Waals surface area (Å²) in [6.45, 7) is 8.81. The van der Waals surface area contributed by atoms with E-state index in [9.17, 15) is 13.2 Å². The molecule has 0 atom stereocenters. The molecule has 1 saturated heterocycles. The van der Waals surface area contributed by atoms with Crippen molar-refractivity contribution in [3.05, 3.63) is 18.2 Å². The summed E-state index contributed by atoms with van der Waals surface area (Å²) in [4.78, 5) is 14.9. The van der Waals surface area contributed by atoms with Crippen LogP contribution in [0.5, 0.6) is 5.75 Å². The van der Waals surface area contributed by atoms with Crippen LogP contribution in [0.1, 0.15) is 46.5 Å². The van der Waals surface area contributed by atoms with Crippen molar-refractivity contribution >= 4 is 21.6 Å². The number of carbonyl (C=O) groups is 1. The highest BCUT2D eigenvalue weighted by Crippen LogP contribution is 2.29. The highest BCUT2D eigenvalue weighted by atomic mass is 32.2. The smallest absolute Gasteiger partial charge is 0.243 e.